The molecule has 3 heterocycles. The Hall–Kier alpha value is -2.87. The highest BCUT2D eigenvalue weighted by atomic mass is 16.7. The lowest BCUT2D eigenvalue weighted by Crippen LogP contribution is -2.36. The fourth-order valence-corrected chi connectivity index (χ4v) is 3.00. The fraction of sp³-hybridized carbons (Fsp3) is 0.389. The zero-order valence-electron chi connectivity index (χ0n) is 14.1. The van der Waals surface area contributed by atoms with Crippen molar-refractivity contribution in [1.29, 1.82) is 0 Å². The van der Waals surface area contributed by atoms with E-state index in [2.05, 4.69) is 10.3 Å². The summed E-state index contributed by atoms with van der Waals surface area (Å²) in [4.78, 5) is 28.6. The number of amides is 1. The van der Waals surface area contributed by atoms with Crippen LogP contribution in [0.3, 0.4) is 0 Å². The van der Waals surface area contributed by atoms with E-state index in [1.165, 1.54) is 17.0 Å². The van der Waals surface area contributed by atoms with Crippen LogP contribution in [0.5, 0.6) is 11.5 Å². The summed E-state index contributed by atoms with van der Waals surface area (Å²) in [5.74, 6) is 1.06. The van der Waals surface area contributed by atoms with Crippen LogP contribution in [0.4, 0.5) is 0 Å². The van der Waals surface area contributed by atoms with Crippen molar-refractivity contribution >= 4 is 5.91 Å². The number of hydrogen-bond acceptors (Lipinski definition) is 6. The molecular weight excluding hydrogens is 338 g/mol. The molecule has 0 bridgehead atoms. The van der Waals surface area contributed by atoms with Crippen molar-refractivity contribution in [3.05, 3.63) is 40.9 Å². The Bertz CT molecular complexity index is 873. The van der Waals surface area contributed by atoms with Crippen LogP contribution in [0.25, 0.3) is 11.3 Å². The Morgan fingerprint density at radius 2 is 2.15 bits per heavy atom. The summed E-state index contributed by atoms with van der Waals surface area (Å²) in [6, 6.07) is 6.78. The molecule has 8 heteroatoms. The number of carbonyl (C=O) groups is 1. The molecule has 0 radical (unpaired) electrons. The Kier molecular flexibility index (Phi) is 4.57. The average molecular weight is 357 g/mol. The molecule has 1 N–H and O–H groups in total. The minimum atomic E-state index is -0.292. The van der Waals surface area contributed by atoms with Gasteiger partial charge in [0.2, 0.25) is 12.7 Å². The Morgan fingerprint density at radius 3 is 2.96 bits per heavy atom. The van der Waals surface area contributed by atoms with Gasteiger partial charge in [-0.3, -0.25) is 14.2 Å². The standard InChI is InChI=1S/C18H19N3O5/c22-17(19-8-13-2-1-5-24-13)9-21-10-20-14(7-18(21)23)12-3-4-15-16(6-12)26-11-25-15/h3-4,6-7,10,13H,1-2,5,8-9,11H2,(H,19,22). The van der Waals surface area contributed by atoms with E-state index in [1.807, 2.05) is 6.07 Å². The quantitative estimate of drug-likeness (QED) is 0.856. The van der Waals surface area contributed by atoms with Gasteiger partial charge in [0.05, 0.1) is 18.1 Å². The van der Waals surface area contributed by atoms with Crippen LogP contribution in [0, 0.1) is 0 Å². The third-order valence-electron chi connectivity index (χ3n) is 4.41. The van der Waals surface area contributed by atoms with Crippen LogP contribution >= 0.6 is 0 Å². The van der Waals surface area contributed by atoms with Crippen LogP contribution < -0.4 is 20.3 Å². The zero-order chi connectivity index (χ0) is 17.9. The molecule has 1 amide bonds. The van der Waals surface area contributed by atoms with Crippen molar-refractivity contribution in [3.63, 3.8) is 0 Å². The number of hydrogen-bond donors (Lipinski definition) is 1. The second-order valence-corrected chi connectivity index (χ2v) is 6.25. The van der Waals surface area contributed by atoms with Gasteiger partial charge < -0.3 is 19.5 Å². The number of rotatable bonds is 5. The number of benzene rings is 1. The molecule has 1 atom stereocenters. The van der Waals surface area contributed by atoms with Crippen molar-refractivity contribution in [3.8, 4) is 22.8 Å². The lowest BCUT2D eigenvalue weighted by Gasteiger charge is -2.11. The molecule has 1 fully saturated rings. The highest BCUT2D eigenvalue weighted by Gasteiger charge is 2.17. The minimum Gasteiger partial charge on any atom is -0.454 e. The molecule has 0 saturated carbocycles. The summed E-state index contributed by atoms with van der Waals surface area (Å²) in [5, 5.41) is 2.79. The molecule has 2 aliphatic heterocycles. The van der Waals surface area contributed by atoms with Crippen LogP contribution in [0.1, 0.15) is 12.8 Å². The summed E-state index contributed by atoms with van der Waals surface area (Å²) in [6.45, 7) is 1.33. The lowest BCUT2D eigenvalue weighted by molar-refractivity contribution is -0.122. The first-order chi connectivity index (χ1) is 12.7. The van der Waals surface area contributed by atoms with Gasteiger partial charge in [-0.2, -0.15) is 0 Å². The molecule has 0 aliphatic carbocycles. The van der Waals surface area contributed by atoms with Gasteiger partial charge in [0, 0.05) is 24.8 Å². The van der Waals surface area contributed by atoms with E-state index in [0.29, 0.717) is 23.7 Å². The van der Waals surface area contributed by atoms with Crippen molar-refractivity contribution in [2.75, 3.05) is 19.9 Å². The molecule has 1 aromatic carbocycles. The molecule has 1 saturated heterocycles. The Labute approximate surface area is 149 Å². The summed E-state index contributed by atoms with van der Waals surface area (Å²) >= 11 is 0. The summed E-state index contributed by atoms with van der Waals surface area (Å²) < 4.78 is 17.4. The van der Waals surface area contributed by atoms with Crippen molar-refractivity contribution in [2.24, 2.45) is 0 Å². The van der Waals surface area contributed by atoms with Gasteiger partial charge >= 0.3 is 0 Å². The summed E-state index contributed by atoms with van der Waals surface area (Å²) in [6.07, 6.45) is 3.42. The SMILES string of the molecule is O=C(Cn1cnc(-c2ccc3c(c2)OCO3)cc1=O)NCC1CCCO1. The normalized spacial score (nSPS) is 18.1. The van der Waals surface area contributed by atoms with E-state index in [4.69, 9.17) is 14.2 Å². The molecule has 1 aromatic heterocycles. The molecule has 4 rings (SSSR count). The molecule has 2 aliphatic rings. The van der Waals surface area contributed by atoms with Crippen molar-refractivity contribution < 1.29 is 19.0 Å². The molecule has 136 valence electrons. The van der Waals surface area contributed by atoms with Crippen molar-refractivity contribution in [2.45, 2.75) is 25.5 Å². The summed E-state index contributed by atoms with van der Waals surface area (Å²) in [7, 11) is 0. The first kappa shape index (κ1) is 16.6. The monoisotopic (exact) mass is 357 g/mol. The topological polar surface area (TPSA) is 91.7 Å². The third kappa shape index (κ3) is 3.55. The van der Waals surface area contributed by atoms with Gasteiger partial charge in [-0.25, -0.2) is 4.98 Å². The predicted octanol–water partition coefficient (Wildman–Crippen LogP) is 0.934. The maximum atomic E-state index is 12.3. The van der Waals surface area contributed by atoms with E-state index in [0.717, 1.165) is 25.0 Å². The number of fused-ring (bicyclic) bond motifs is 1. The maximum absolute atomic E-state index is 12.3. The number of aromatic nitrogens is 2. The predicted molar refractivity (Wildman–Crippen MR) is 92.0 cm³/mol. The van der Waals surface area contributed by atoms with Gasteiger partial charge in [-0.05, 0) is 31.0 Å². The fourth-order valence-electron chi connectivity index (χ4n) is 3.00. The van der Waals surface area contributed by atoms with Gasteiger partial charge in [0.15, 0.2) is 11.5 Å². The van der Waals surface area contributed by atoms with Gasteiger partial charge in [-0.1, -0.05) is 0 Å². The Morgan fingerprint density at radius 1 is 1.27 bits per heavy atom. The molecule has 8 nitrogen and oxygen atoms in total. The van der Waals surface area contributed by atoms with Crippen LogP contribution in [-0.2, 0) is 16.1 Å². The second-order valence-electron chi connectivity index (χ2n) is 6.25. The molecule has 0 spiro atoms. The minimum absolute atomic E-state index is 0.0695. The zero-order valence-corrected chi connectivity index (χ0v) is 14.1. The van der Waals surface area contributed by atoms with Crippen LogP contribution in [-0.4, -0.2) is 41.5 Å². The van der Waals surface area contributed by atoms with Gasteiger partial charge in [0.1, 0.15) is 6.54 Å². The highest BCUT2D eigenvalue weighted by molar-refractivity contribution is 5.75. The van der Waals surface area contributed by atoms with E-state index in [1.54, 1.807) is 12.1 Å². The van der Waals surface area contributed by atoms with Crippen molar-refractivity contribution in [1.82, 2.24) is 14.9 Å². The van der Waals surface area contributed by atoms with E-state index in [9.17, 15) is 9.59 Å². The smallest absolute Gasteiger partial charge is 0.254 e. The van der Waals surface area contributed by atoms with E-state index < -0.39 is 0 Å². The lowest BCUT2D eigenvalue weighted by atomic mass is 10.1. The molecular formula is C18H19N3O5. The van der Waals surface area contributed by atoms with E-state index >= 15 is 0 Å². The first-order valence-corrected chi connectivity index (χ1v) is 8.54. The molecule has 2 aromatic rings. The average Bonchev–Trinajstić information content (AvgIpc) is 3.32. The third-order valence-corrected chi connectivity index (χ3v) is 4.41. The number of nitrogens with one attached hydrogen (secondary N) is 1. The maximum Gasteiger partial charge on any atom is 0.254 e. The van der Waals surface area contributed by atoms with Gasteiger partial charge in [-0.15, -0.1) is 0 Å². The second kappa shape index (κ2) is 7.17. The number of nitrogens with zero attached hydrogens (tertiary/aromatic N) is 2. The van der Waals surface area contributed by atoms with Crippen LogP contribution in [0.2, 0.25) is 0 Å². The molecule has 26 heavy (non-hydrogen) atoms. The molecule has 1 unspecified atom stereocenters. The highest BCUT2D eigenvalue weighted by Crippen LogP contribution is 2.35. The Balaban J connectivity index is 1.42. The van der Waals surface area contributed by atoms with Crippen LogP contribution in [0.15, 0.2) is 35.4 Å². The number of ether oxygens (including phenoxy) is 3. The summed E-state index contributed by atoms with van der Waals surface area (Å²) in [5.41, 5.74) is 0.977. The number of carbonyl (C=O) groups excluding carboxylic acids is 1. The first-order valence-electron chi connectivity index (χ1n) is 8.54. The van der Waals surface area contributed by atoms with Gasteiger partial charge in [0.25, 0.3) is 5.56 Å². The largest absolute Gasteiger partial charge is 0.454 e. The van der Waals surface area contributed by atoms with E-state index in [-0.39, 0.29) is 30.9 Å².